The number of carbonyl (C=O) groups is 2. The zero-order chi connectivity index (χ0) is 21.1. The maximum Gasteiger partial charge on any atom is 0.326 e. The fourth-order valence-corrected chi connectivity index (χ4v) is 5.03. The van der Waals surface area contributed by atoms with Gasteiger partial charge in [0.05, 0.1) is 9.93 Å². The minimum Gasteiger partial charge on any atom is -0.480 e. The van der Waals surface area contributed by atoms with Gasteiger partial charge in [0.2, 0.25) is 0 Å². The van der Waals surface area contributed by atoms with Crippen LogP contribution < -0.4 is 0 Å². The van der Waals surface area contributed by atoms with E-state index >= 15 is 0 Å². The lowest BCUT2D eigenvalue weighted by atomic mass is 10.2. The molecule has 0 bridgehead atoms. The highest BCUT2D eigenvalue weighted by Gasteiger charge is 2.40. The molecule has 0 spiro atoms. The normalized spacial score (nSPS) is 16.7. The first-order valence-corrected chi connectivity index (χ1v) is 11.7. The molecule has 1 aliphatic rings. The van der Waals surface area contributed by atoms with Gasteiger partial charge < -0.3 is 9.52 Å². The summed E-state index contributed by atoms with van der Waals surface area (Å²) in [6.07, 6.45) is 3.75. The van der Waals surface area contributed by atoms with Gasteiger partial charge in [-0.3, -0.25) is 9.69 Å². The van der Waals surface area contributed by atoms with Crippen molar-refractivity contribution < 1.29 is 19.1 Å². The van der Waals surface area contributed by atoms with Gasteiger partial charge in [0.1, 0.15) is 21.9 Å². The molecule has 0 aliphatic carbocycles. The van der Waals surface area contributed by atoms with Crippen LogP contribution in [0.2, 0.25) is 10.0 Å². The molecule has 1 fully saturated rings. The number of benzene rings is 1. The Morgan fingerprint density at radius 1 is 1.38 bits per heavy atom. The summed E-state index contributed by atoms with van der Waals surface area (Å²) >= 11 is 20.0. The summed E-state index contributed by atoms with van der Waals surface area (Å²) < 4.78 is 6.02. The van der Waals surface area contributed by atoms with Crippen LogP contribution in [-0.2, 0) is 9.59 Å². The first-order chi connectivity index (χ1) is 13.8. The van der Waals surface area contributed by atoms with E-state index < -0.39 is 17.9 Å². The molecule has 1 amide bonds. The van der Waals surface area contributed by atoms with Gasteiger partial charge in [-0.2, -0.15) is 11.8 Å². The van der Waals surface area contributed by atoms with Gasteiger partial charge in [-0.1, -0.05) is 47.2 Å². The van der Waals surface area contributed by atoms with Crippen molar-refractivity contribution in [1.29, 1.82) is 0 Å². The second-order valence-corrected chi connectivity index (χ2v) is 9.52. The minimum absolute atomic E-state index is 0.224. The molecule has 2 heterocycles. The minimum atomic E-state index is -1.07. The molecule has 1 aromatic heterocycles. The number of amides is 1. The lowest BCUT2D eigenvalue weighted by Crippen LogP contribution is -2.44. The molecule has 1 saturated heterocycles. The summed E-state index contributed by atoms with van der Waals surface area (Å²) in [4.78, 5) is 25.9. The molecule has 29 heavy (non-hydrogen) atoms. The zero-order valence-corrected chi connectivity index (χ0v) is 19.0. The highest BCUT2D eigenvalue weighted by Crippen LogP contribution is 2.36. The van der Waals surface area contributed by atoms with Crippen molar-refractivity contribution in [3.8, 4) is 11.3 Å². The van der Waals surface area contributed by atoms with E-state index in [-0.39, 0.29) is 4.32 Å². The summed E-state index contributed by atoms with van der Waals surface area (Å²) in [5, 5.41) is 10.5. The highest BCUT2D eigenvalue weighted by atomic mass is 35.5. The third kappa shape index (κ3) is 5.00. The van der Waals surface area contributed by atoms with Crippen molar-refractivity contribution >= 4 is 81.2 Å². The van der Waals surface area contributed by atoms with Crippen LogP contribution in [0.1, 0.15) is 12.2 Å². The molecular weight excluding hydrogens is 473 g/mol. The van der Waals surface area contributed by atoms with E-state index in [9.17, 15) is 14.7 Å². The number of carbonyl (C=O) groups excluding carboxylic acids is 1. The largest absolute Gasteiger partial charge is 0.480 e. The molecule has 1 aromatic carbocycles. The number of hydrogen-bond acceptors (Lipinski definition) is 6. The standard InChI is InChI=1S/C19H15Cl2NO4S3/c1-28-7-6-14(18(24)25)22-17(23)16(29-19(22)27)9-11-3-5-15(26-11)12-4-2-10(20)8-13(12)21/h2-5,8-9,14H,6-7H2,1H3,(H,24,25)/b16-9+. The Morgan fingerprint density at radius 3 is 2.79 bits per heavy atom. The van der Waals surface area contributed by atoms with Gasteiger partial charge >= 0.3 is 5.97 Å². The van der Waals surface area contributed by atoms with Crippen molar-refractivity contribution in [2.75, 3.05) is 12.0 Å². The number of aliphatic carboxylic acids is 1. The molecule has 5 nitrogen and oxygen atoms in total. The Balaban J connectivity index is 1.84. The van der Waals surface area contributed by atoms with E-state index in [4.69, 9.17) is 39.8 Å². The van der Waals surface area contributed by atoms with E-state index in [1.807, 2.05) is 6.26 Å². The van der Waals surface area contributed by atoms with Crippen molar-refractivity contribution in [1.82, 2.24) is 4.90 Å². The molecule has 152 valence electrons. The summed E-state index contributed by atoms with van der Waals surface area (Å²) in [6.45, 7) is 0. The molecular formula is C19H15Cl2NO4S3. The fraction of sp³-hybridized carbons (Fsp3) is 0.211. The third-order valence-electron chi connectivity index (χ3n) is 4.11. The predicted octanol–water partition coefficient (Wildman–Crippen LogP) is 5.66. The van der Waals surface area contributed by atoms with Crippen LogP contribution in [0.3, 0.4) is 0 Å². The topological polar surface area (TPSA) is 70.8 Å². The Hall–Kier alpha value is -1.45. The van der Waals surface area contributed by atoms with Gasteiger partial charge in [0, 0.05) is 16.7 Å². The average molecular weight is 488 g/mol. The Morgan fingerprint density at radius 2 is 2.14 bits per heavy atom. The predicted molar refractivity (Wildman–Crippen MR) is 124 cm³/mol. The summed E-state index contributed by atoms with van der Waals surface area (Å²) in [7, 11) is 0. The van der Waals surface area contributed by atoms with E-state index in [2.05, 4.69) is 0 Å². The van der Waals surface area contributed by atoms with Crippen LogP contribution in [0, 0.1) is 0 Å². The molecule has 1 unspecified atom stereocenters. The molecule has 1 N–H and O–H groups in total. The zero-order valence-electron chi connectivity index (χ0n) is 15.1. The lowest BCUT2D eigenvalue weighted by Gasteiger charge is -2.22. The number of furan rings is 1. The fourth-order valence-electron chi connectivity index (χ4n) is 2.73. The molecule has 2 aromatic rings. The molecule has 0 saturated carbocycles. The molecule has 1 aliphatic heterocycles. The number of carboxylic acid groups (broad SMARTS) is 1. The number of thioether (sulfide) groups is 2. The maximum atomic E-state index is 12.8. The second kappa shape index (κ2) is 9.57. The van der Waals surface area contributed by atoms with Crippen LogP contribution in [0.15, 0.2) is 39.7 Å². The van der Waals surface area contributed by atoms with Gasteiger partial charge in [0.15, 0.2) is 0 Å². The Kier molecular flexibility index (Phi) is 7.34. The van der Waals surface area contributed by atoms with Gasteiger partial charge in [-0.05, 0) is 48.8 Å². The van der Waals surface area contributed by atoms with Crippen LogP contribution in [-0.4, -0.2) is 44.3 Å². The molecule has 0 radical (unpaired) electrons. The first-order valence-electron chi connectivity index (χ1n) is 8.36. The number of carboxylic acids is 1. The number of halogens is 2. The SMILES string of the molecule is CSCCC(C(=O)O)N1C(=O)/C(=C\c2ccc(-c3ccc(Cl)cc3Cl)o2)SC1=S. The lowest BCUT2D eigenvalue weighted by molar-refractivity contribution is -0.145. The molecule has 10 heteroatoms. The molecule has 3 rings (SSSR count). The maximum absolute atomic E-state index is 12.8. The Labute approximate surface area is 191 Å². The van der Waals surface area contributed by atoms with Gasteiger partial charge in [-0.25, -0.2) is 4.79 Å². The van der Waals surface area contributed by atoms with Crippen LogP contribution in [0.4, 0.5) is 0 Å². The van der Waals surface area contributed by atoms with E-state index in [1.54, 1.807) is 36.4 Å². The first kappa shape index (κ1) is 22.2. The van der Waals surface area contributed by atoms with Crippen LogP contribution in [0.25, 0.3) is 17.4 Å². The number of thiocarbonyl (C=S) groups is 1. The summed E-state index contributed by atoms with van der Waals surface area (Å²) in [5.74, 6) is 0.0562. The highest BCUT2D eigenvalue weighted by molar-refractivity contribution is 8.26. The van der Waals surface area contributed by atoms with E-state index in [0.29, 0.717) is 44.2 Å². The quantitative estimate of drug-likeness (QED) is 0.398. The van der Waals surface area contributed by atoms with Crippen LogP contribution in [0.5, 0.6) is 0 Å². The van der Waals surface area contributed by atoms with Crippen molar-refractivity contribution in [3.05, 3.63) is 51.0 Å². The van der Waals surface area contributed by atoms with E-state index in [0.717, 1.165) is 11.8 Å². The van der Waals surface area contributed by atoms with Crippen LogP contribution >= 0.6 is 58.9 Å². The van der Waals surface area contributed by atoms with Gasteiger partial charge in [-0.15, -0.1) is 0 Å². The monoisotopic (exact) mass is 487 g/mol. The van der Waals surface area contributed by atoms with Crippen molar-refractivity contribution in [2.24, 2.45) is 0 Å². The van der Waals surface area contributed by atoms with E-state index in [1.165, 1.54) is 16.7 Å². The Bertz CT molecular complexity index is 1010. The summed E-state index contributed by atoms with van der Waals surface area (Å²) in [5.41, 5.74) is 0.672. The number of hydrogen-bond donors (Lipinski definition) is 1. The van der Waals surface area contributed by atoms with Crippen molar-refractivity contribution in [2.45, 2.75) is 12.5 Å². The second-order valence-electron chi connectivity index (χ2n) is 6.01. The molecule has 1 atom stereocenters. The summed E-state index contributed by atoms with van der Waals surface area (Å²) in [6, 6.07) is 7.52. The number of nitrogens with zero attached hydrogens (tertiary/aromatic N) is 1. The average Bonchev–Trinajstić information content (AvgIpc) is 3.21. The number of rotatable bonds is 7. The third-order valence-corrected chi connectivity index (χ3v) is 6.63. The van der Waals surface area contributed by atoms with Gasteiger partial charge in [0.25, 0.3) is 5.91 Å². The smallest absolute Gasteiger partial charge is 0.326 e. The van der Waals surface area contributed by atoms with Crippen molar-refractivity contribution in [3.63, 3.8) is 0 Å².